The van der Waals surface area contributed by atoms with Gasteiger partial charge in [0.1, 0.15) is 5.75 Å². The Kier molecular flexibility index (Phi) is 2.36. The van der Waals surface area contributed by atoms with Gasteiger partial charge >= 0.3 is 0 Å². The topological polar surface area (TPSA) is 53.1 Å². The minimum Gasteiger partial charge on any atom is -0.496 e. The van der Waals surface area contributed by atoms with Gasteiger partial charge in [0, 0.05) is 13.1 Å². The van der Waals surface area contributed by atoms with Crippen LogP contribution in [-0.2, 0) is 7.05 Å². The Balaban J connectivity index is 2.82. The Morgan fingerprint density at radius 1 is 1.47 bits per heavy atom. The van der Waals surface area contributed by atoms with E-state index in [4.69, 9.17) is 10.5 Å². The van der Waals surface area contributed by atoms with Crippen LogP contribution >= 0.6 is 0 Å². The van der Waals surface area contributed by atoms with Gasteiger partial charge in [-0.15, -0.1) is 0 Å². The Bertz CT molecular complexity index is 488. The highest BCUT2D eigenvalue weighted by Crippen LogP contribution is 2.30. The molecular weight excluding hydrogens is 190 g/mol. The van der Waals surface area contributed by atoms with Crippen LogP contribution < -0.4 is 10.5 Å². The number of benzene rings is 1. The molecule has 0 spiro atoms. The van der Waals surface area contributed by atoms with E-state index in [1.54, 1.807) is 7.11 Å². The van der Waals surface area contributed by atoms with Gasteiger partial charge in [-0.1, -0.05) is 6.07 Å². The minimum absolute atomic E-state index is 0.0926. The number of nitrogens with two attached hydrogens (primary N) is 1. The van der Waals surface area contributed by atoms with Crippen LogP contribution in [0, 0.1) is 0 Å². The summed E-state index contributed by atoms with van der Waals surface area (Å²) in [6, 6.07) is 5.80. The molecule has 4 heteroatoms. The van der Waals surface area contributed by atoms with E-state index in [1.807, 2.05) is 36.9 Å². The van der Waals surface area contributed by atoms with E-state index in [0.717, 1.165) is 22.3 Å². The molecule has 0 aliphatic carbocycles. The van der Waals surface area contributed by atoms with Crippen LogP contribution in [0.2, 0.25) is 0 Å². The van der Waals surface area contributed by atoms with Gasteiger partial charge in [0.05, 0.1) is 23.7 Å². The van der Waals surface area contributed by atoms with E-state index in [2.05, 4.69) is 5.10 Å². The third kappa shape index (κ3) is 1.47. The van der Waals surface area contributed by atoms with Crippen molar-refractivity contribution in [1.29, 1.82) is 0 Å². The Hall–Kier alpha value is -1.55. The molecule has 2 N–H and O–H groups in total. The Morgan fingerprint density at radius 3 is 2.80 bits per heavy atom. The van der Waals surface area contributed by atoms with Crippen molar-refractivity contribution < 1.29 is 4.74 Å². The number of nitrogens with zero attached hydrogens (tertiary/aromatic N) is 2. The third-order valence-corrected chi connectivity index (χ3v) is 2.52. The van der Waals surface area contributed by atoms with Crippen molar-refractivity contribution in [3.05, 3.63) is 23.9 Å². The molecule has 1 unspecified atom stereocenters. The maximum absolute atomic E-state index is 5.89. The fourth-order valence-corrected chi connectivity index (χ4v) is 1.80. The summed E-state index contributed by atoms with van der Waals surface area (Å²) >= 11 is 0. The van der Waals surface area contributed by atoms with Gasteiger partial charge < -0.3 is 10.5 Å². The summed E-state index contributed by atoms with van der Waals surface area (Å²) in [4.78, 5) is 0. The van der Waals surface area contributed by atoms with Crippen molar-refractivity contribution in [2.24, 2.45) is 12.8 Å². The lowest BCUT2D eigenvalue weighted by molar-refractivity contribution is 0.419. The molecule has 2 rings (SSSR count). The van der Waals surface area contributed by atoms with E-state index in [9.17, 15) is 0 Å². The van der Waals surface area contributed by atoms with Crippen LogP contribution in [-0.4, -0.2) is 16.9 Å². The molecule has 80 valence electrons. The first-order chi connectivity index (χ1) is 7.15. The van der Waals surface area contributed by atoms with Gasteiger partial charge in [0.2, 0.25) is 0 Å². The smallest absolute Gasteiger partial charge is 0.130 e. The van der Waals surface area contributed by atoms with Crippen molar-refractivity contribution in [2.75, 3.05) is 7.11 Å². The second kappa shape index (κ2) is 3.55. The first-order valence-corrected chi connectivity index (χ1v) is 4.90. The van der Waals surface area contributed by atoms with Crippen LogP contribution in [0.15, 0.2) is 18.2 Å². The lowest BCUT2D eigenvalue weighted by Crippen LogP contribution is -2.06. The molecule has 1 aromatic heterocycles. The molecule has 2 aromatic rings. The second-order valence-electron chi connectivity index (χ2n) is 3.65. The van der Waals surface area contributed by atoms with E-state index in [0.29, 0.717) is 0 Å². The van der Waals surface area contributed by atoms with Crippen LogP contribution in [0.25, 0.3) is 10.9 Å². The number of aryl methyl sites for hydroxylation is 1. The molecule has 0 saturated carbocycles. The SMILES string of the molecule is COc1cccc2c1c(C(C)N)nn2C. The van der Waals surface area contributed by atoms with E-state index in [-0.39, 0.29) is 6.04 Å². The van der Waals surface area contributed by atoms with Crippen molar-refractivity contribution >= 4 is 10.9 Å². The minimum atomic E-state index is -0.0926. The number of hydrogen-bond donors (Lipinski definition) is 1. The van der Waals surface area contributed by atoms with Gasteiger partial charge in [-0.2, -0.15) is 5.10 Å². The summed E-state index contributed by atoms with van der Waals surface area (Å²) < 4.78 is 7.15. The third-order valence-electron chi connectivity index (χ3n) is 2.52. The van der Waals surface area contributed by atoms with Crippen LogP contribution in [0.1, 0.15) is 18.7 Å². The number of hydrogen-bond acceptors (Lipinski definition) is 3. The molecule has 1 aromatic carbocycles. The number of methoxy groups -OCH3 is 1. The fourth-order valence-electron chi connectivity index (χ4n) is 1.80. The summed E-state index contributed by atoms with van der Waals surface area (Å²) in [5, 5.41) is 5.42. The lowest BCUT2D eigenvalue weighted by Gasteiger charge is -2.05. The van der Waals surface area contributed by atoms with Crippen molar-refractivity contribution in [1.82, 2.24) is 9.78 Å². The maximum Gasteiger partial charge on any atom is 0.130 e. The standard InChI is InChI=1S/C11H15N3O/c1-7(12)11-10-8(14(2)13-11)5-4-6-9(10)15-3/h4-7H,12H2,1-3H3. The molecule has 0 bridgehead atoms. The maximum atomic E-state index is 5.89. The quantitative estimate of drug-likeness (QED) is 0.810. The molecule has 0 saturated heterocycles. The van der Waals surface area contributed by atoms with Gasteiger partial charge in [-0.25, -0.2) is 0 Å². The molecule has 0 aliphatic heterocycles. The number of rotatable bonds is 2. The zero-order chi connectivity index (χ0) is 11.0. The molecular formula is C11H15N3O. The average Bonchev–Trinajstić information content (AvgIpc) is 2.56. The number of fused-ring (bicyclic) bond motifs is 1. The van der Waals surface area contributed by atoms with Crippen LogP contribution in [0.5, 0.6) is 5.75 Å². The average molecular weight is 205 g/mol. The molecule has 1 atom stereocenters. The van der Waals surface area contributed by atoms with Crippen molar-refractivity contribution in [2.45, 2.75) is 13.0 Å². The van der Waals surface area contributed by atoms with Gasteiger partial charge in [0.15, 0.2) is 0 Å². The summed E-state index contributed by atoms with van der Waals surface area (Å²) in [7, 11) is 3.57. The predicted molar refractivity (Wildman–Crippen MR) is 59.9 cm³/mol. The molecule has 4 nitrogen and oxygen atoms in total. The summed E-state index contributed by atoms with van der Waals surface area (Å²) in [5.74, 6) is 0.827. The largest absolute Gasteiger partial charge is 0.496 e. The van der Waals surface area contributed by atoms with Crippen LogP contribution in [0.3, 0.4) is 0 Å². The molecule has 15 heavy (non-hydrogen) atoms. The predicted octanol–water partition coefficient (Wildman–Crippen LogP) is 1.60. The molecule has 0 radical (unpaired) electrons. The number of ether oxygens (including phenoxy) is 1. The van der Waals surface area contributed by atoms with Crippen LogP contribution in [0.4, 0.5) is 0 Å². The molecule has 0 aliphatic rings. The monoisotopic (exact) mass is 205 g/mol. The van der Waals surface area contributed by atoms with Gasteiger partial charge in [-0.3, -0.25) is 4.68 Å². The van der Waals surface area contributed by atoms with Crippen molar-refractivity contribution in [3.63, 3.8) is 0 Å². The van der Waals surface area contributed by atoms with E-state index in [1.165, 1.54) is 0 Å². The highest BCUT2D eigenvalue weighted by Gasteiger charge is 2.15. The van der Waals surface area contributed by atoms with Crippen molar-refractivity contribution in [3.8, 4) is 5.75 Å². The first-order valence-electron chi connectivity index (χ1n) is 4.90. The Morgan fingerprint density at radius 2 is 2.20 bits per heavy atom. The normalized spacial score (nSPS) is 13.1. The second-order valence-corrected chi connectivity index (χ2v) is 3.65. The van der Waals surface area contributed by atoms with Gasteiger partial charge in [0.25, 0.3) is 0 Å². The zero-order valence-corrected chi connectivity index (χ0v) is 9.19. The highest BCUT2D eigenvalue weighted by atomic mass is 16.5. The lowest BCUT2D eigenvalue weighted by atomic mass is 10.1. The van der Waals surface area contributed by atoms with Gasteiger partial charge in [-0.05, 0) is 19.1 Å². The molecule has 1 heterocycles. The fraction of sp³-hybridized carbons (Fsp3) is 0.364. The summed E-state index contributed by atoms with van der Waals surface area (Å²) in [5.41, 5.74) is 7.81. The molecule has 0 amide bonds. The summed E-state index contributed by atoms with van der Waals surface area (Å²) in [6.07, 6.45) is 0. The highest BCUT2D eigenvalue weighted by molar-refractivity contribution is 5.88. The zero-order valence-electron chi connectivity index (χ0n) is 9.19. The van der Waals surface area contributed by atoms with E-state index < -0.39 is 0 Å². The first kappa shape index (κ1) is 9.98. The Labute approximate surface area is 88.6 Å². The van der Waals surface area contributed by atoms with E-state index >= 15 is 0 Å². The summed E-state index contributed by atoms with van der Waals surface area (Å²) in [6.45, 7) is 1.92. The molecule has 0 fully saturated rings. The number of aromatic nitrogens is 2.